The first-order valence-electron chi connectivity index (χ1n) is 7.16. The van der Waals surface area contributed by atoms with E-state index in [0.29, 0.717) is 0 Å². The molecule has 3 aromatic rings. The van der Waals surface area contributed by atoms with Gasteiger partial charge in [0, 0.05) is 24.0 Å². The van der Waals surface area contributed by atoms with Crippen molar-refractivity contribution in [3.8, 4) is 11.3 Å². The number of hydrogen-bond acceptors (Lipinski definition) is 2. The number of nitrogens with zero attached hydrogens (tertiary/aromatic N) is 2. The summed E-state index contributed by atoms with van der Waals surface area (Å²) in [5, 5.41) is 7.76. The van der Waals surface area contributed by atoms with Gasteiger partial charge >= 0.3 is 0 Å². The van der Waals surface area contributed by atoms with Gasteiger partial charge in [-0.3, -0.25) is 4.68 Å². The summed E-state index contributed by atoms with van der Waals surface area (Å²) in [4.78, 5) is 0. The maximum absolute atomic E-state index is 4.28. The number of rotatable bonds is 3. The first-order chi connectivity index (χ1) is 10.5. The van der Waals surface area contributed by atoms with Gasteiger partial charge in [0.1, 0.15) is 0 Å². The van der Waals surface area contributed by atoms with Crippen molar-refractivity contribution in [2.75, 3.05) is 5.32 Å². The van der Waals surface area contributed by atoms with Crippen LogP contribution in [0.25, 0.3) is 11.3 Å². The Morgan fingerprint density at radius 2 is 1.73 bits per heavy atom. The first-order valence-corrected chi connectivity index (χ1v) is 7.95. The second kappa shape index (κ2) is 5.97. The van der Waals surface area contributed by atoms with Gasteiger partial charge < -0.3 is 5.32 Å². The van der Waals surface area contributed by atoms with Gasteiger partial charge in [-0.15, -0.1) is 0 Å². The molecule has 0 saturated heterocycles. The van der Waals surface area contributed by atoms with E-state index in [1.807, 2.05) is 17.9 Å². The molecule has 0 aliphatic rings. The second-order valence-electron chi connectivity index (χ2n) is 5.55. The number of aromatic nitrogens is 2. The van der Waals surface area contributed by atoms with E-state index < -0.39 is 0 Å². The highest BCUT2D eigenvalue weighted by molar-refractivity contribution is 9.10. The maximum atomic E-state index is 4.28. The van der Waals surface area contributed by atoms with Gasteiger partial charge in [0.2, 0.25) is 0 Å². The Morgan fingerprint density at radius 3 is 2.36 bits per heavy atom. The monoisotopic (exact) mass is 355 g/mol. The molecule has 1 N–H and O–H groups in total. The SMILES string of the molecule is Cc1cc(C)cc(Nc2cccc(-c3c(Br)cnn3C)c2)c1. The van der Waals surface area contributed by atoms with Crippen molar-refractivity contribution >= 4 is 27.3 Å². The van der Waals surface area contributed by atoms with Crippen molar-refractivity contribution < 1.29 is 0 Å². The summed E-state index contributed by atoms with van der Waals surface area (Å²) in [6.45, 7) is 4.22. The summed E-state index contributed by atoms with van der Waals surface area (Å²) in [7, 11) is 1.95. The standard InChI is InChI=1S/C18H18BrN3/c1-12-7-13(2)9-16(8-12)21-15-6-4-5-14(10-15)18-17(19)11-20-22(18)3/h4-11,21H,1-3H3. The molecular formula is C18H18BrN3. The zero-order chi connectivity index (χ0) is 15.7. The minimum atomic E-state index is 0.999. The van der Waals surface area contributed by atoms with Crippen LogP contribution in [0.5, 0.6) is 0 Å². The van der Waals surface area contributed by atoms with E-state index in [1.54, 1.807) is 0 Å². The van der Waals surface area contributed by atoms with Crippen molar-refractivity contribution in [3.05, 3.63) is 64.3 Å². The Balaban J connectivity index is 1.95. The van der Waals surface area contributed by atoms with Gasteiger partial charge in [0.25, 0.3) is 0 Å². The molecule has 0 atom stereocenters. The lowest BCUT2D eigenvalue weighted by Gasteiger charge is -2.11. The average molecular weight is 356 g/mol. The zero-order valence-electron chi connectivity index (χ0n) is 12.9. The van der Waals surface area contributed by atoms with Crippen LogP contribution in [0.1, 0.15) is 11.1 Å². The normalized spacial score (nSPS) is 10.7. The van der Waals surface area contributed by atoms with Crippen LogP contribution in [0.15, 0.2) is 53.1 Å². The summed E-state index contributed by atoms with van der Waals surface area (Å²) >= 11 is 3.56. The maximum Gasteiger partial charge on any atom is 0.0821 e. The predicted molar refractivity (Wildman–Crippen MR) is 95.5 cm³/mol. The number of halogens is 1. The molecule has 22 heavy (non-hydrogen) atoms. The minimum Gasteiger partial charge on any atom is -0.355 e. The van der Waals surface area contributed by atoms with E-state index in [-0.39, 0.29) is 0 Å². The third kappa shape index (κ3) is 3.07. The highest BCUT2D eigenvalue weighted by Gasteiger charge is 2.09. The molecule has 0 radical (unpaired) electrons. The fourth-order valence-corrected chi connectivity index (χ4v) is 3.27. The van der Waals surface area contributed by atoms with Gasteiger partial charge in [-0.1, -0.05) is 18.2 Å². The Kier molecular flexibility index (Phi) is 4.03. The first kappa shape index (κ1) is 14.9. The van der Waals surface area contributed by atoms with Crippen LogP contribution in [0.3, 0.4) is 0 Å². The van der Waals surface area contributed by atoms with Crippen LogP contribution < -0.4 is 5.32 Å². The van der Waals surface area contributed by atoms with Crippen LogP contribution in [0, 0.1) is 13.8 Å². The molecule has 0 amide bonds. The van der Waals surface area contributed by atoms with E-state index in [2.05, 4.69) is 82.7 Å². The third-order valence-electron chi connectivity index (χ3n) is 3.54. The minimum absolute atomic E-state index is 0.999. The van der Waals surface area contributed by atoms with E-state index in [1.165, 1.54) is 11.1 Å². The average Bonchev–Trinajstić information content (AvgIpc) is 2.77. The Bertz CT molecular complexity index is 781. The van der Waals surface area contributed by atoms with Crippen LogP contribution >= 0.6 is 15.9 Å². The van der Waals surface area contributed by atoms with Crippen molar-refractivity contribution in [1.82, 2.24) is 9.78 Å². The summed E-state index contributed by atoms with van der Waals surface area (Å²) in [5.74, 6) is 0. The highest BCUT2D eigenvalue weighted by atomic mass is 79.9. The van der Waals surface area contributed by atoms with E-state index in [9.17, 15) is 0 Å². The molecule has 0 unspecified atom stereocenters. The molecule has 0 spiro atoms. The zero-order valence-corrected chi connectivity index (χ0v) is 14.5. The lowest BCUT2D eigenvalue weighted by Crippen LogP contribution is -1.95. The smallest absolute Gasteiger partial charge is 0.0821 e. The van der Waals surface area contributed by atoms with Crippen LogP contribution in [0.2, 0.25) is 0 Å². The van der Waals surface area contributed by atoms with Crippen molar-refractivity contribution in [2.24, 2.45) is 7.05 Å². The molecule has 3 rings (SSSR count). The van der Waals surface area contributed by atoms with Gasteiger partial charge in [-0.05, 0) is 65.2 Å². The Hall–Kier alpha value is -2.07. The molecule has 0 bridgehead atoms. The molecule has 112 valence electrons. The molecule has 3 nitrogen and oxygen atoms in total. The fourth-order valence-electron chi connectivity index (χ4n) is 2.69. The molecule has 0 fully saturated rings. The van der Waals surface area contributed by atoms with Crippen molar-refractivity contribution in [3.63, 3.8) is 0 Å². The van der Waals surface area contributed by atoms with Crippen LogP contribution in [-0.2, 0) is 7.05 Å². The Morgan fingerprint density at radius 1 is 1.00 bits per heavy atom. The molecule has 1 heterocycles. The summed E-state index contributed by atoms with van der Waals surface area (Å²) in [6.07, 6.45) is 1.82. The molecule has 1 aromatic heterocycles. The topological polar surface area (TPSA) is 29.9 Å². The van der Waals surface area contributed by atoms with E-state index in [0.717, 1.165) is 27.1 Å². The molecule has 0 saturated carbocycles. The largest absolute Gasteiger partial charge is 0.355 e. The molecule has 4 heteroatoms. The lowest BCUT2D eigenvalue weighted by molar-refractivity contribution is 0.776. The van der Waals surface area contributed by atoms with Gasteiger partial charge in [0.05, 0.1) is 16.4 Å². The molecular weight excluding hydrogens is 338 g/mol. The van der Waals surface area contributed by atoms with E-state index in [4.69, 9.17) is 0 Å². The molecule has 2 aromatic carbocycles. The van der Waals surface area contributed by atoms with Gasteiger partial charge in [-0.2, -0.15) is 5.10 Å². The van der Waals surface area contributed by atoms with Crippen LogP contribution in [0.4, 0.5) is 11.4 Å². The number of nitrogens with one attached hydrogen (secondary N) is 1. The fraction of sp³-hybridized carbons (Fsp3) is 0.167. The summed E-state index contributed by atoms with van der Waals surface area (Å²) < 4.78 is 2.87. The summed E-state index contributed by atoms with van der Waals surface area (Å²) in [5.41, 5.74) is 6.89. The van der Waals surface area contributed by atoms with Crippen LogP contribution in [-0.4, -0.2) is 9.78 Å². The van der Waals surface area contributed by atoms with Crippen molar-refractivity contribution in [1.29, 1.82) is 0 Å². The quantitative estimate of drug-likeness (QED) is 0.698. The predicted octanol–water partition coefficient (Wildman–Crippen LogP) is 5.21. The van der Waals surface area contributed by atoms with Gasteiger partial charge in [0.15, 0.2) is 0 Å². The number of hydrogen-bond donors (Lipinski definition) is 1. The second-order valence-corrected chi connectivity index (χ2v) is 6.40. The highest BCUT2D eigenvalue weighted by Crippen LogP contribution is 2.30. The number of benzene rings is 2. The number of anilines is 2. The molecule has 0 aliphatic heterocycles. The Labute approximate surface area is 139 Å². The van der Waals surface area contributed by atoms with E-state index >= 15 is 0 Å². The third-order valence-corrected chi connectivity index (χ3v) is 4.12. The van der Waals surface area contributed by atoms with Crippen molar-refractivity contribution in [2.45, 2.75) is 13.8 Å². The van der Waals surface area contributed by atoms with Gasteiger partial charge in [-0.25, -0.2) is 0 Å². The molecule has 0 aliphatic carbocycles. The number of aryl methyl sites for hydroxylation is 3. The lowest BCUT2D eigenvalue weighted by atomic mass is 10.1. The summed E-state index contributed by atoms with van der Waals surface area (Å²) in [6, 6.07) is 14.8.